The van der Waals surface area contributed by atoms with Crippen molar-refractivity contribution in [2.45, 2.75) is 0 Å². The number of halogens is 1. The van der Waals surface area contributed by atoms with Crippen molar-refractivity contribution in [2.24, 2.45) is 0 Å². The first-order valence-electron chi connectivity index (χ1n) is 7.52. The Labute approximate surface area is 143 Å². The second kappa shape index (κ2) is 6.81. The van der Waals surface area contributed by atoms with Crippen molar-refractivity contribution in [1.82, 2.24) is 9.88 Å². The standard InChI is InChI=1S/C17H15FN4OS/c18-14-4-1-5-15(13(14)11-19)21-7-9-22(10-8-21)17(23)12-3-2-6-20-16(12)24/h1-6H,7-10H2,(H,20,24). The number of hydrogen-bond donors (Lipinski definition) is 1. The van der Waals surface area contributed by atoms with Crippen molar-refractivity contribution in [2.75, 3.05) is 31.1 Å². The van der Waals surface area contributed by atoms with Crippen LogP contribution in [0.25, 0.3) is 0 Å². The highest BCUT2D eigenvalue weighted by Gasteiger charge is 2.24. The highest BCUT2D eigenvalue weighted by Crippen LogP contribution is 2.24. The van der Waals surface area contributed by atoms with E-state index in [1.54, 1.807) is 35.4 Å². The van der Waals surface area contributed by atoms with E-state index >= 15 is 0 Å². The van der Waals surface area contributed by atoms with Crippen LogP contribution in [0.5, 0.6) is 0 Å². The number of nitrogens with one attached hydrogen (secondary N) is 1. The molecule has 3 rings (SSSR count). The van der Waals surface area contributed by atoms with Crippen LogP contribution >= 0.6 is 12.2 Å². The summed E-state index contributed by atoms with van der Waals surface area (Å²) in [5.74, 6) is -0.639. The summed E-state index contributed by atoms with van der Waals surface area (Å²) in [6, 6.07) is 9.95. The van der Waals surface area contributed by atoms with Crippen LogP contribution in [0.1, 0.15) is 15.9 Å². The minimum atomic E-state index is -0.524. The van der Waals surface area contributed by atoms with E-state index in [0.29, 0.717) is 42.1 Å². The predicted octanol–water partition coefficient (Wildman–Crippen LogP) is 2.72. The molecule has 0 unspecified atom stereocenters. The van der Waals surface area contributed by atoms with Crippen LogP contribution in [0.4, 0.5) is 10.1 Å². The molecule has 1 aromatic heterocycles. The molecule has 2 heterocycles. The van der Waals surface area contributed by atoms with Crippen LogP contribution in [-0.2, 0) is 0 Å². The van der Waals surface area contributed by atoms with Gasteiger partial charge in [0.05, 0.1) is 11.3 Å². The Morgan fingerprint density at radius 3 is 2.62 bits per heavy atom. The van der Waals surface area contributed by atoms with E-state index in [9.17, 15) is 9.18 Å². The van der Waals surface area contributed by atoms with E-state index in [1.807, 2.05) is 11.0 Å². The Balaban J connectivity index is 1.74. The minimum Gasteiger partial charge on any atom is -0.367 e. The highest BCUT2D eigenvalue weighted by atomic mass is 32.1. The zero-order chi connectivity index (χ0) is 17.1. The third-order valence-corrected chi connectivity index (χ3v) is 4.40. The fourth-order valence-electron chi connectivity index (χ4n) is 2.80. The lowest BCUT2D eigenvalue weighted by molar-refractivity contribution is 0.0745. The number of nitrogens with zero attached hydrogens (tertiary/aromatic N) is 3. The largest absolute Gasteiger partial charge is 0.367 e. The monoisotopic (exact) mass is 342 g/mol. The first-order chi connectivity index (χ1) is 11.6. The first-order valence-corrected chi connectivity index (χ1v) is 7.93. The molecule has 2 aromatic rings. The molecule has 1 fully saturated rings. The number of piperazine rings is 1. The molecule has 1 N–H and O–H groups in total. The predicted molar refractivity (Wildman–Crippen MR) is 90.9 cm³/mol. The second-order valence-corrected chi connectivity index (χ2v) is 5.85. The van der Waals surface area contributed by atoms with Crippen molar-refractivity contribution in [3.63, 3.8) is 0 Å². The molecule has 0 spiro atoms. The molecule has 122 valence electrons. The summed E-state index contributed by atoms with van der Waals surface area (Å²) in [5.41, 5.74) is 1.09. The number of benzene rings is 1. The number of H-pyrrole nitrogens is 1. The zero-order valence-corrected chi connectivity index (χ0v) is 13.6. The van der Waals surface area contributed by atoms with E-state index in [4.69, 9.17) is 17.5 Å². The summed E-state index contributed by atoms with van der Waals surface area (Å²) in [7, 11) is 0. The van der Waals surface area contributed by atoms with Crippen LogP contribution in [-0.4, -0.2) is 42.0 Å². The first kappa shape index (κ1) is 16.1. The van der Waals surface area contributed by atoms with Gasteiger partial charge in [-0.1, -0.05) is 18.3 Å². The number of aromatic nitrogens is 1. The van der Waals surface area contributed by atoms with Gasteiger partial charge in [-0.05, 0) is 24.3 Å². The summed E-state index contributed by atoms with van der Waals surface area (Å²) >= 11 is 5.15. The van der Waals surface area contributed by atoms with Gasteiger partial charge in [0, 0.05) is 32.4 Å². The summed E-state index contributed by atoms with van der Waals surface area (Å²) in [5, 5.41) is 9.15. The van der Waals surface area contributed by atoms with Gasteiger partial charge in [0.2, 0.25) is 0 Å². The van der Waals surface area contributed by atoms with Crippen LogP contribution in [0.15, 0.2) is 36.5 Å². The fraction of sp³-hybridized carbons (Fsp3) is 0.235. The van der Waals surface area contributed by atoms with Crippen LogP contribution < -0.4 is 4.90 Å². The number of hydrogen-bond acceptors (Lipinski definition) is 4. The molecular formula is C17H15FN4OS. The summed E-state index contributed by atoms with van der Waals surface area (Å²) in [6.07, 6.45) is 1.68. The zero-order valence-electron chi connectivity index (χ0n) is 12.8. The SMILES string of the molecule is N#Cc1c(F)cccc1N1CCN(C(=O)c2ccc[nH]c2=S)CC1. The topological polar surface area (TPSA) is 63.1 Å². The lowest BCUT2D eigenvalue weighted by Gasteiger charge is -2.36. The van der Waals surface area contributed by atoms with Crippen LogP contribution in [0.2, 0.25) is 0 Å². The molecule has 0 saturated carbocycles. The normalized spacial score (nSPS) is 14.3. The minimum absolute atomic E-state index is 0.0442. The lowest BCUT2D eigenvalue weighted by Crippen LogP contribution is -2.49. The van der Waals surface area contributed by atoms with E-state index < -0.39 is 5.82 Å². The van der Waals surface area contributed by atoms with Crippen molar-refractivity contribution in [3.8, 4) is 6.07 Å². The van der Waals surface area contributed by atoms with Gasteiger partial charge in [0.25, 0.3) is 5.91 Å². The number of carbonyl (C=O) groups excluding carboxylic acids is 1. The quantitative estimate of drug-likeness (QED) is 0.853. The maximum absolute atomic E-state index is 13.7. The number of anilines is 1. The van der Waals surface area contributed by atoms with Crippen molar-refractivity contribution < 1.29 is 9.18 Å². The summed E-state index contributed by atoms with van der Waals surface area (Å²) in [4.78, 5) is 19.1. The number of aromatic amines is 1. The smallest absolute Gasteiger partial charge is 0.256 e. The highest BCUT2D eigenvalue weighted by molar-refractivity contribution is 7.71. The van der Waals surface area contributed by atoms with Crippen LogP contribution in [0.3, 0.4) is 0 Å². The molecule has 1 aliphatic heterocycles. The van der Waals surface area contributed by atoms with E-state index in [1.165, 1.54) is 6.07 Å². The average Bonchev–Trinajstić information content (AvgIpc) is 2.61. The molecule has 0 aliphatic carbocycles. The number of nitriles is 1. The fourth-order valence-corrected chi connectivity index (χ4v) is 3.02. The third-order valence-electron chi connectivity index (χ3n) is 4.06. The molecule has 1 aromatic carbocycles. The molecule has 24 heavy (non-hydrogen) atoms. The molecule has 0 atom stereocenters. The number of rotatable bonds is 2. The Kier molecular flexibility index (Phi) is 4.58. The van der Waals surface area contributed by atoms with Gasteiger partial charge in [-0.15, -0.1) is 0 Å². The Morgan fingerprint density at radius 2 is 1.96 bits per heavy atom. The molecule has 1 aliphatic rings. The summed E-state index contributed by atoms with van der Waals surface area (Å²) in [6.45, 7) is 2.05. The van der Waals surface area contributed by atoms with Gasteiger partial charge in [0.1, 0.15) is 22.1 Å². The maximum Gasteiger partial charge on any atom is 0.256 e. The molecule has 1 saturated heterocycles. The maximum atomic E-state index is 13.7. The van der Waals surface area contributed by atoms with Crippen molar-refractivity contribution in [3.05, 3.63) is 58.1 Å². The molecular weight excluding hydrogens is 327 g/mol. The van der Waals surface area contributed by atoms with E-state index in [2.05, 4.69) is 4.98 Å². The van der Waals surface area contributed by atoms with Gasteiger partial charge in [0.15, 0.2) is 0 Å². The molecule has 7 heteroatoms. The Morgan fingerprint density at radius 1 is 1.21 bits per heavy atom. The number of amides is 1. The van der Waals surface area contributed by atoms with Crippen molar-refractivity contribution in [1.29, 1.82) is 5.26 Å². The van der Waals surface area contributed by atoms with Gasteiger partial charge in [-0.25, -0.2) is 4.39 Å². The third kappa shape index (κ3) is 3.01. The molecule has 0 radical (unpaired) electrons. The second-order valence-electron chi connectivity index (χ2n) is 5.44. The number of carbonyl (C=O) groups is 1. The van der Waals surface area contributed by atoms with Gasteiger partial charge in [-0.3, -0.25) is 4.79 Å². The Hall–Kier alpha value is -2.72. The van der Waals surface area contributed by atoms with Gasteiger partial charge >= 0.3 is 0 Å². The Bertz CT molecular complexity index is 865. The molecule has 1 amide bonds. The van der Waals surface area contributed by atoms with Gasteiger partial charge in [-0.2, -0.15) is 5.26 Å². The molecule has 0 bridgehead atoms. The van der Waals surface area contributed by atoms with Gasteiger partial charge < -0.3 is 14.8 Å². The van der Waals surface area contributed by atoms with Crippen molar-refractivity contribution >= 4 is 23.8 Å². The lowest BCUT2D eigenvalue weighted by atomic mass is 10.1. The van der Waals surface area contributed by atoms with E-state index in [-0.39, 0.29) is 11.5 Å². The average molecular weight is 342 g/mol. The molecule has 5 nitrogen and oxygen atoms in total. The van der Waals surface area contributed by atoms with E-state index in [0.717, 1.165) is 0 Å². The van der Waals surface area contributed by atoms with Crippen LogP contribution in [0, 0.1) is 21.8 Å². The number of pyridine rings is 1. The summed E-state index contributed by atoms with van der Waals surface area (Å²) < 4.78 is 14.2.